The van der Waals surface area contributed by atoms with Crippen LogP contribution in [-0.4, -0.2) is 28.8 Å². The molecule has 0 saturated carbocycles. The Labute approximate surface area is 102 Å². The highest BCUT2D eigenvalue weighted by Gasteiger charge is 2.29. The summed E-state index contributed by atoms with van der Waals surface area (Å²) in [4.78, 5) is 20.9. The molecule has 7 heteroatoms. The highest BCUT2D eigenvalue weighted by Crippen LogP contribution is 2.23. The number of carbonyl (C=O) groups excluding carboxylic acids is 1. The third-order valence-electron chi connectivity index (χ3n) is 2.21. The van der Waals surface area contributed by atoms with Crippen LogP contribution in [0.2, 0.25) is 0 Å². The van der Waals surface area contributed by atoms with Crippen molar-refractivity contribution in [3.8, 4) is 0 Å². The van der Waals surface area contributed by atoms with Crippen LogP contribution in [0.5, 0.6) is 0 Å². The summed E-state index contributed by atoms with van der Waals surface area (Å²) in [6, 6.07) is 4.81. The van der Waals surface area contributed by atoms with Gasteiger partial charge >= 0.3 is 5.97 Å². The van der Waals surface area contributed by atoms with Gasteiger partial charge in [-0.3, -0.25) is 10.1 Å². The average molecular weight is 257 g/mol. The summed E-state index contributed by atoms with van der Waals surface area (Å²) in [6.45, 7) is 1.49. The van der Waals surface area contributed by atoms with Gasteiger partial charge in [0.25, 0.3) is 5.69 Å². The van der Waals surface area contributed by atoms with Gasteiger partial charge in [-0.15, -0.1) is 0 Å². The van der Waals surface area contributed by atoms with Gasteiger partial charge in [0, 0.05) is 12.1 Å². The molecule has 18 heavy (non-hydrogen) atoms. The fourth-order valence-corrected chi connectivity index (χ4v) is 1.34. The average Bonchev–Trinajstić information content (AvgIpc) is 2.37. The predicted octanol–water partition coefficient (Wildman–Crippen LogP) is 1.53. The molecule has 0 fully saturated rings. The van der Waals surface area contributed by atoms with Gasteiger partial charge < -0.3 is 9.84 Å². The molecule has 1 aromatic rings. The number of rotatable bonds is 5. The van der Waals surface area contributed by atoms with Crippen LogP contribution in [0.15, 0.2) is 24.3 Å². The summed E-state index contributed by atoms with van der Waals surface area (Å²) in [5.41, 5.74) is -0.340. The van der Waals surface area contributed by atoms with E-state index in [1.165, 1.54) is 25.1 Å². The zero-order valence-corrected chi connectivity index (χ0v) is 9.58. The zero-order valence-electron chi connectivity index (χ0n) is 9.58. The highest BCUT2D eigenvalue weighted by atomic mass is 19.1. The van der Waals surface area contributed by atoms with Gasteiger partial charge in [-0.05, 0) is 12.5 Å². The maximum atomic E-state index is 13.5. The molecule has 6 nitrogen and oxygen atoms in total. The van der Waals surface area contributed by atoms with Crippen molar-refractivity contribution in [1.82, 2.24) is 0 Å². The third-order valence-corrected chi connectivity index (χ3v) is 2.21. The fraction of sp³-hybridized carbons (Fsp3) is 0.364. The number of benzene rings is 1. The summed E-state index contributed by atoms with van der Waals surface area (Å²) < 4.78 is 17.9. The van der Waals surface area contributed by atoms with Crippen LogP contribution in [0.25, 0.3) is 0 Å². The van der Waals surface area contributed by atoms with E-state index in [-0.39, 0.29) is 17.9 Å². The van der Waals surface area contributed by atoms with E-state index >= 15 is 0 Å². The summed E-state index contributed by atoms with van der Waals surface area (Å²) in [6.07, 6.45) is -4.06. The first-order chi connectivity index (χ1) is 8.47. The first-order valence-electron chi connectivity index (χ1n) is 5.20. The van der Waals surface area contributed by atoms with Crippen molar-refractivity contribution < 1.29 is 24.0 Å². The van der Waals surface area contributed by atoms with Crippen LogP contribution < -0.4 is 0 Å². The summed E-state index contributed by atoms with van der Waals surface area (Å²) in [5, 5.41) is 20.1. The molecule has 1 rings (SSSR count). The van der Waals surface area contributed by atoms with Crippen molar-refractivity contribution in [2.24, 2.45) is 0 Å². The first kappa shape index (κ1) is 14.0. The molecule has 0 aliphatic rings. The molecular formula is C11H12FNO5. The van der Waals surface area contributed by atoms with E-state index in [0.717, 1.165) is 6.07 Å². The zero-order chi connectivity index (χ0) is 13.7. The monoisotopic (exact) mass is 257 g/mol. The van der Waals surface area contributed by atoms with Crippen LogP contribution in [-0.2, 0) is 9.53 Å². The normalized spacial score (nSPS) is 13.7. The van der Waals surface area contributed by atoms with E-state index < -0.39 is 23.2 Å². The number of hydrogen-bond donors (Lipinski definition) is 1. The molecule has 0 aromatic heterocycles. The minimum absolute atomic E-state index is 0.0130. The first-order valence-corrected chi connectivity index (χ1v) is 5.20. The number of nitrogens with zero attached hydrogens (tertiary/aromatic N) is 1. The lowest BCUT2D eigenvalue weighted by Crippen LogP contribution is -2.26. The number of alkyl halides is 1. The molecule has 0 saturated heterocycles. The molecule has 0 heterocycles. The molecule has 1 aromatic carbocycles. The number of ether oxygens (including phenoxy) is 1. The molecule has 0 amide bonds. The van der Waals surface area contributed by atoms with Crippen molar-refractivity contribution in [2.75, 3.05) is 6.61 Å². The maximum Gasteiger partial charge on any atom is 0.343 e. The number of hydrogen-bond acceptors (Lipinski definition) is 5. The lowest BCUT2D eigenvalue weighted by Gasteiger charge is -2.14. The minimum atomic E-state index is -2.27. The van der Waals surface area contributed by atoms with Crippen molar-refractivity contribution in [3.05, 3.63) is 39.9 Å². The predicted molar refractivity (Wildman–Crippen MR) is 59.6 cm³/mol. The summed E-state index contributed by atoms with van der Waals surface area (Å²) in [5.74, 6) is -1.20. The Bertz CT molecular complexity index is 451. The van der Waals surface area contributed by atoms with Crippen LogP contribution >= 0.6 is 0 Å². The lowest BCUT2D eigenvalue weighted by molar-refractivity contribution is -0.385. The van der Waals surface area contributed by atoms with Crippen LogP contribution in [0, 0.1) is 10.1 Å². The second kappa shape index (κ2) is 6.06. The fourth-order valence-electron chi connectivity index (χ4n) is 1.34. The topological polar surface area (TPSA) is 89.7 Å². The van der Waals surface area contributed by atoms with E-state index in [2.05, 4.69) is 4.74 Å². The second-order valence-corrected chi connectivity index (χ2v) is 3.45. The van der Waals surface area contributed by atoms with E-state index in [9.17, 15) is 24.4 Å². The number of carbonyl (C=O) groups is 1. The Morgan fingerprint density at radius 3 is 2.83 bits per heavy atom. The maximum absolute atomic E-state index is 13.5. The highest BCUT2D eigenvalue weighted by molar-refractivity contribution is 5.75. The molecule has 0 bridgehead atoms. The molecule has 1 N–H and O–H groups in total. The summed E-state index contributed by atoms with van der Waals surface area (Å²) in [7, 11) is 0. The Balaban J connectivity index is 2.89. The second-order valence-electron chi connectivity index (χ2n) is 3.45. The van der Waals surface area contributed by atoms with Gasteiger partial charge in [0.05, 0.1) is 11.5 Å². The number of nitro benzene ring substituents is 1. The molecule has 0 radical (unpaired) electrons. The molecule has 1 unspecified atom stereocenters. The minimum Gasteiger partial charge on any atom is -0.464 e. The van der Waals surface area contributed by atoms with E-state index in [1.807, 2.05) is 0 Å². The van der Waals surface area contributed by atoms with Gasteiger partial charge in [-0.1, -0.05) is 12.1 Å². The number of nitro groups is 1. The Hall–Kier alpha value is -2.02. The Kier molecular flexibility index (Phi) is 4.73. The molecule has 0 aliphatic heterocycles. The van der Waals surface area contributed by atoms with E-state index in [1.54, 1.807) is 0 Å². The molecule has 2 atom stereocenters. The van der Waals surface area contributed by atoms with Crippen molar-refractivity contribution in [2.45, 2.75) is 19.2 Å². The molecule has 98 valence electrons. The Morgan fingerprint density at radius 2 is 2.28 bits per heavy atom. The SMILES string of the molecule is CCOC(=O)C(F)[C@H](O)c1cccc([N+](=O)[O-])c1. The lowest BCUT2D eigenvalue weighted by atomic mass is 10.0. The van der Waals surface area contributed by atoms with Gasteiger partial charge in [0.1, 0.15) is 6.10 Å². The van der Waals surface area contributed by atoms with Crippen LogP contribution in [0.3, 0.4) is 0 Å². The smallest absolute Gasteiger partial charge is 0.343 e. The number of halogens is 1. The van der Waals surface area contributed by atoms with Gasteiger partial charge in [0.2, 0.25) is 6.17 Å². The van der Waals surface area contributed by atoms with Gasteiger partial charge in [-0.2, -0.15) is 0 Å². The number of aliphatic hydroxyl groups excluding tert-OH is 1. The Morgan fingerprint density at radius 1 is 1.61 bits per heavy atom. The third kappa shape index (κ3) is 3.24. The molecule has 0 aliphatic carbocycles. The van der Waals surface area contributed by atoms with Crippen molar-refractivity contribution >= 4 is 11.7 Å². The largest absolute Gasteiger partial charge is 0.464 e. The standard InChI is InChI=1S/C11H12FNO5/c1-2-18-11(15)9(12)10(14)7-4-3-5-8(6-7)13(16)17/h3-6,9-10,14H,2H2,1H3/t9?,10-/m1/s1. The van der Waals surface area contributed by atoms with Crippen molar-refractivity contribution in [3.63, 3.8) is 0 Å². The van der Waals surface area contributed by atoms with Crippen molar-refractivity contribution in [1.29, 1.82) is 0 Å². The van der Waals surface area contributed by atoms with Gasteiger partial charge in [-0.25, -0.2) is 9.18 Å². The molecular weight excluding hydrogens is 245 g/mol. The number of aliphatic hydroxyl groups is 1. The van der Waals surface area contributed by atoms with E-state index in [4.69, 9.17) is 0 Å². The van der Waals surface area contributed by atoms with E-state index in [0.29, 0.717) is 0 Å². The quantitative estimate of drug-likeness (QED) is 0.490. The number of esters is 1. The molecule has 0 spiro atoms. The van der Waals surface area contributed by atoms with Crippen LogP contribution in [0.4, 0.5) is 10.1 Å². The summed E-state index contributed by atoms with van der Waals surface area (Å²) >= 11 is 0. The van der Waals surface area contributed by atoms with Crippen LogP contribution in [0.1, 0.15) is 18.6 Å². The number of non-ortho nitro benzene ring substituents is 1. The van der Waals surface area contributed by atoms with Gasteiger partial charge in [0.15, 0.2) is 0 Å².